The third kappa shape index (κ3) is 3.81. The minimum Gasteiger partial charge on any atom is -0.398 e. The highest BCUT2D eigenvalue weighted by molar-refractivity contribution is 7.84. The lowest BCUT2D eigenvalue weighted by Crippen LogP contribution is -2.33. The number of hydrogen-bond donors (Lipinski definition) is 2. The average Bonchev–Trinajstić information content (AvgIpc) is 2.25. The van der Waals surface area contributed by atoms with Gasteiger partial charge in [-0.3, -0.25) is 9.00 Å². The molecule has 0 saturated heterocycles. The van der Waals surface area contributed by atoms with Crippen LogP contribution in [0.4, 0.5) is 10.1 Å². The molecule has 0 aliphatic rings. The highest BCUT2D eigenvalue weighted by Crippen LogP contribution is 2.13. The van der Waals surface area contributed by atoms with E-state index in [0.29, 0.717) is 6.54 Å². The van der Waals surface area contributed by atoms with Gasteiger partial charge < -0.3 is 11.1 Å². The lowest BCUT2D eigenvalue weighted by Gasteiger charge is -2.11. The van der Waals surface area contributed by atoms with Gasteiger partial charge in [0.15, 0.2) is 0 Å². The molecule has 6 heteroatoms. The maximum Gasteiger partial charge on any atom is 0.253 e. The molecular weight excluding hydrogens is 243 g/mol. The van der Waals surface area contributed by atoms with E-state index in [2.05, 4.69) is 5.32 Å². The van der Waals surface area contributed by atoms with Gasteiger partial charge >= 0.3 is 0 Å². The molecule has 1 aromatic rings. The standard InChI is InChI=1S/C11H15FN2O2S/c1-7(17(2)16)6-14-11(15)9-4-3-8(12)5-10(9)13/h3-5,7H,6,13H2,1-2H3,(H,14,15). The Morgan fingerprint density at radius 2 is 2.24 bits per heavy atom. The van der Waals surface area contributed by atoms with Crippen molar-refractivity contribution >= 4 is 22.4 Å². The Hall–Kier alpha value is -1.43. The Morgan fingerprint density at radius 3 is 2.76 bits per heavy atom. The van der Waals surface area contributed by atoms with Crippen LogP contribution in [0, 0.1) is 5.82 Å². The summed E-state index contributed by atoms with van der Waals surface area (Å²) in [5.74, 6) is -0.873. The van der Waals surface area contributed by atoms with Crippen molar-refractivity contribution in [1.82, 2.24) is 5.32 Å². The summed E-state index contributed by atoms with van der Waals surface area (Å²) in [5, 5.41) is 2.47. The van der Waals surface area contributed by atoms with Crippen molar-refractivity contribution in [2.24, 2.45) is 0 Å². The molecule has 1 rings (SSSR count). The molecule has 1 amide bonds. The predicted molar refractivity (Wildman–Crippen MR) is 66.7 cm³/mol. The first kappa shape index (κ1) is 13.6. The molecule has 17 heavy (non-hydrogen) atoms. The Balaban J connectivity index is 2.67. The van der Waals surface area contributed by atoms with Gasteiger partial charge in [-0.15, -0.1) is 0 Å². The SMILES string of the molecule is CC(CNC(=O)c1ccc(F)cc1N)S(C)=O. The molecular formula is C11H15FN2O2S. The summed E-state index contributed by atoms with van der Waals surface area (Å²) >= 11 is 0. The van der Waals surface area contributed by atoms with E-state index in [4.69, 9.17) is 5.73 Å². The number of rotatable bonds is 4. The maximum atomic E-state index is 12.8. The largest absolute Gasteiger partial charge is 0.398 e. The number of anilines is 1. The van der Waals surface area contributed by atoms with E-state index in [1.165, 1.54) is 12.1 Å². The van der Waals surface area contributed by atoms with Crippen molar-refractivity contribution in [2.45, 2.75) is 12.2 Å². The zero-order chi connectivity index (χ0) is 13.0. The van der Waals surface area contributed by atoms with E-state index in [9.17, 15) is 13.4 Å². The van der Waals surface area contributed by atoms with E-state index in [1.807, 2.05) is 0 Å². The van der Waals surface area contributed by atoms with Crippen molar-refractivity contribution in [3.63, 3.8) is 0 Å². The van der Waals surface area contributed by atoms with Crippen LogP contribution in [0.25, 0.3) is 0 Å². The molecule has 0 aromatic heterocycles. The number of nitrogens with one attached hydrogen (secondary N) is 1. The number of hydrogen-bond acceptors (Lipinski definition) is 3. The molecule has 0 bridgehead atoms. The second kappa shape index (κ2) is 5.77. The third-order valence-corrected chi connectivity index (χ3v) is 3.67. The Kier molecular flexibility index (Phi) is 4.62. The fraction of sp³-hybridized carbons (Fsp3) is 0.364. The molecule has 2 atom stereocenters. The molecule has 0 fully saturated rings. The van der Waals surface area contributed by atoms with Crippen LogP contribution in [0.3, 0.4) is 0 Å². The van der Waals surface area contributed by atoms with Gasteiger partial charge in [-0.1, -0.05) is 0 Å². The van der Waals surface area contributed by atoms with Gasteiger partial charge in [0.2, 0.25) is 0 Å². The lowest BCUT2D eigenvalue weighted by atomic mass is 10.1. The van der Waals surface area contributed by atoms with Gasteiger partial charge in [0, 0.05) is 34.5 Å². The van der Waals surface area contributed by atoms with Gasteiger partial charge in [-0.05, 0) is 25.1 Å². The number of nitrogen functional groups attached to an aromatic ring is 1. The molecule has 0 radical (unpaired) electrons. The van der Waals surface area contributed by atoms with Crippen LogP contribution in [-0.2, 0) is 10.8 Å². The van der Waals surface area contributed by atoms with Crippen molar-refractivity contribution in [1.29, 1.82) is 0 Å². The van der Waals surface area contributed by atoms with Gasteiger partial charge in [-0.25, -0.2) is 4.39 Å². The van der Waals surface area contributed by atoms with Crippen molar-refractivity contribution < 1.29 is 13.4 Å². The minimum absolute atomic E-state index is 0.0905. The lowest BCUT2D eigenvalue weighted by molar-refractivity contribution is 0.0955. The number of benzene rings is 1. The Bertz CT molecular complexity index is 451. The zero-order valence-electron chi connectivity index (χ0n) is 9.70. The second-order valence-corrected chi connectivity index (χ2v) is 5.55. The molecule has 2 unspecified atom stereocenters. The molecule has 0 saturated carbocycles. The minimum atomic E-state index is -0.998. The molecule has 0 aliphatic carbocycles. The topological polar surface area (TPSA) is 72.2 Å². The van der Waals surface area contributed by atoms with E-state index in [1.54, 1.807) is 13.2 Å². The van der Waals surface area contributed by atoms with Crippen LogP contribution >= 0.6 is 0 Å². The number of carbonyl (C=O) groups excluding carboxylic acids is 1. The normalized spacial score (nSPS) is 14.1. The molecule has 0 aliphatic heterocycles. The quantitative estimate of drug-likeness (QED) is 0.788. The van der Waals surface area contributed by atoms with E-state index in [-0.39, 0.29) is 22.4 Å². The van der Waals surface area contributed by atoms with E-state index >= 15 is 0 Å². The summed E-state index contributed by atoms with van der Waals surface area (Å²) in [6.45, 7) is 2.06. The number of nitrogens with two attached hydrogens (primary N) is 1. The van der Waals surface area contributed by atoms with E-state index < -0.39 is 16.6 Å². The summed E-state index contributed by atoms with van der Waals surface area (Å²) in [4.78, 5) is 11.7. The monoisotopic (exact) mass is 258 g/mol. The molecule has 3 N–H and O–H groups in total. The number of amides is 1. The molecule has 0 heterocycles. The van der Waals surface area contributed by atoms with Gasteiger partial charge in [0.1, 0.15) is 5.82 Å². The van der Waals surface area contributed by atoms with Gasteiger partial charge in [0.05, 0.1) is 5.56 Å². The first-order valence-electron chi connectivity index (χ1n) is 5.07. The summed E-state index contributed by atoms with van der Waals surface area (Å²) < 4.78 is 23.9. The maximum absolute atomic E-state index is 12.8. The summed E-state index contributed by atoms with van der Waals surface area (Å²) in [7, 11) is -0.998. The fourth-order valence-corrected chi connectivity index (χ4v) is 1.51. The summed E-state index contributed by atoms with van der Waals surface area (Å²) in [6.07, 6.45) is 1.57. The smallest absolute Gasteiger partial charge is 0.253 e. The highest BCUT2D eigenvalue weighted by Gasteiger charge is 2.12. The Labute approximate surface area is 102 Å². The molecule has 1 aromatic carbocycles. The second-order valence-electron chi connectivity index (χ2n) is 3.75. The fourth-order valence-electron chi connectivity index (χ4n) is 1.19. The first-order valence-corrected chi connectivity index (χ1v) is 6.69. The van der Waals surface area contributed by atoms with Crippen LogP contribution in [0.5, 0.6) is 0 Å². The predicted octanol–water partition coefficient (Wildman–Crippen LogP) is 0.905. The van der Waals surface area contributed by atoms with Crippen LogP contribution in [0.15, 0.2) is 18.2 Å². The summed E-state index contributed by atoms with van der Waals surface area (Å²) in [5.41, 5.74) is 5.84. The third-order valence-electron chi connectivity index (χ3n) is 2.37. The van der Waals surface area contributed by atoms with Gasteiger partial charge in [-0.2, -0.15) is 0 Å². The number of carbonyl (C=O) groups is 1. The van der Waals surface area contributed by atoms with Crippen molar-refractivity contribution in [3.8, 4) is 0 Å². The van der Waals surface area contributed by atoms with Crippen molar-refractivity contribution in [2.75, 3.05) is 18.5 Å². The van der Waals surface area contributed by atoms with E-state index in [0.717, 1.165) is 6.07 Å². The average molecular weight is 258 g/mol. The first-order chi connectivity index (χ1) is 7.91. The Morgan fingerprint density at radius 1 is 1.59 bits per heavy atom. The van der Waals surface area contributed by atoms with Crippen LogP contribution in [0.2, 0.25) is 0 Å². The van der Waals surface area contributed by atoms with Crippen molar-refractivity contribution in [3.05, 3.63) is 29.6 Å². The van der Waals surface area contributed by atoms with Crippen LogP contribution < -0.4 is 11.1 Å². The molecule has 94 valence electrons. The van der Waals surface area contributed by atoms with Crippen LogP contribution in [-0.4, -0.2) is 28.2 Å². The highest BCUT2D eigenvalue weighted by atomic mass is 32.2. The molecule has 4 nitrogen and oxygen atoms in total. The zero-order valence-corrected chi connectivity index (χ0v) is 10.5. The van der Waals surface area contributed by atoms with Gasteiger partial charge in [0.25, 0.3) is 5.91 Å². The molecule has 0 spiro atoms. The van der Waals surface area contributed by atoms with Crippen LogP contribution in [0.1, 0.15) is 17.3 Å². The summed E-state index contributed by atoms with van der Waals surface area (Å²) in [6, 6.07) is 3.59. The number of halogens is 1.